The van der Waals surface area contributed by atoms with Crippen molar-refractivity contribution in [3.63, 3.8) is 0 Å². The lowest BCUT2D eigenvalue weighted by Gasteiger charge is -2.19. The summed E-state index contributed by atoms with van der Waals surface area (Å²) in [6.45, 7) is 11.3. The largest absolute Gasteiger partial charge is 0.346 e. The zero-order chi connectivity index (χ0) is 26.6. The van der Waals surface area contributed by atoms with Gasteiger partial charge in [0.25, 0.3) is 0 Å². The Morgan fingerprint density at radius 2 is 1.57 bits per heavy atom. The zero-order valence-electron chi connectivity index (χ0n) is 22.6. The third kappa shape index (κ3) is 6.34. The molecule has 4 rings (SSSR count). The average Bonchev–Trinajstić information content (AvgIpc) is 3.17. The molecule has 0 N–H and O–H groups in total. The van der Waals surface area contributed by atoms with Crippen LogP contribution in [0.5, 0.6) is 0 Å². The topological polar surface area (TPSA) is 56.9 Å². The fourth-order valence-electron chi connectivity index (χ4n) is 4.63. The summed E-state index contributed by atoms with van der Waals surface area (Å²) >= 11 is 0. The van der Waals surface area contributed by atoms with Crippen molar-refractivity contribution in [2.24, 2.45) is 0 Å². The van der Waals surface area contributed by atoms with Gasteiger partial charge in [0.1, 0.15) is 5.82 Å². The number of aryl methyl sites for hydroxylation is 2. The van der Waals surface area contributed by atoms with E-state index >= 15 is 0 Å². The molecule has 1 heterocycles. The van der Waals surface area contributed by atoms with Crippen LogP contribution in [0.2, 0.25) is 0 Å². The van der Waals surface area contributed by atoms with Crippen molar-refractivity contribution in [3.05, 3.63) is 111 Å². The van der Waals surface area contributed by atoms with Crippen molar-refractivity contribution < 1.29 is 4.79 Å². The van der Waals surface area contributed by atoms with Crippen LogP contribution in [0.25, 0.3) is 11.1 Å². The summed E-state index contributed by atoms with van der Waals surface area (Å²) in [6.07, 6.45) is 2.55. The number of hydrogen-bond donors (Lipinski definition) is 0. The van der Waals surface area contributed by atoms with E-state index in [0.29, 0.717) is 13.1 Å². The lowest BCUT2D eigenvalue weighted by molar-refractivity contribution is 0.101. The Bertz CT molecular complexity index is 1420. The summed E-state index contributed by atoms with van der Waals surface area (Å²) in [5.74, 6) is 0.918. The van der Waals surface area contributed by atoms with Gasteiger partial charge in [-0.05, 0) is 59.9 Å². The van der Waals surface area contributed by atoms with E-state index in [1.54, 1.807) is 16.2 Å². The third-order valence-electron chi connectivity index (χ3n) is 6.89. The van der Waals surface area contributed by atoms with E-state index < -0.39 is 0 Å². The highest BCUT2D eigenvalue weighted by molar-refractivity contribution is 5.94. The van der Waals surface area contributed by atoms with E-state index in [2.05, 4.69) is 69.3 Å². The van der Waals surface area contributed by atoms with Crippen LogP contribution in [-0.4, -0.2) is 20.1 Å². The van der Waals surface area contributed by atoms with Gasteiger partial charge in [-0.3, -0.25) is 9.36 Å². The molecule has 0 aliphatic rings. The molecule has 37 heavy (non-hydrogen) atoms. The Balaban J connectivity index is 1.42. The maximum atomic E-state index is 13.0. The van der Waals surface area contributed by atoms with Gasteiger partial charge in [0, 0.05) is 18.5 Å². The molecule has 0 saturated carbocycles. The minimum Gasteiger partial charge on any atom is -0.295 e. The van der Waals surface area contributed by atoms with E-state index in [0.717, 1.165) is 47.3 Å². The second-order valence-corrected chi connectivity index (χ2v) is 10.7. The first-order chi connectivity index (χ1) is 17.7. The minimum absolute atomic E-state index is 0.0478. The predicted molar refractivity (Wildman–Crippen MR) is 150 cm³/mol. The summed E-state index contributed by atoms with van der Waals surface area (Å²) in [5.41, 5.74) is 6.62. The molecule has 5 heteroatoms. The van der Waals surface area contributed by atoms with Gasteiger partial charge in [-0.2, -0.15) is 5.10 Å². The summed E-state index contributed by atoms with van der Waals surface area (Å²) in [7, 11) is 0. The van der Waals surface area contributed by atoms with E-state index in [4.69, 9.17) is 5.10 Å². The monoisotopic (exact) mass is 495 g/mol. The van der Waals surface area contributed by atoms with Crippen molar-refractivity contribution in [3.8, 4) is 11.1 Å². The SMILES string of the molecule is CCn1c(CCCc2cccc(-c3ccc(C(C)=O)cc3)c2)nn(Cc2ccc(C(C)(C)C)cc2)c1=O. The Kier molecular flexibility index (Phi) is 7.91. The molecule has 0 spiro atoms. The van der Waals surface area contributed by atoms with Gasteiger partial charge in [-0.15, -0.1) is 0 Å². The van der Waals surface area contributed by atoms with Crippen LogP contribution in [0.4, 0.5) is 0 Å². The zero-order valence-corrected chi connectivity index (χ0v) is 22.6. The van der Waals surface area contributed by atoms with Crippen LogP contribution in [0, 0.1) is 0 Å². The maximum absolute atomic E-state index is 13.0. The maximum Gasteiger partial charge on any atom is 0.346 e. The first-order valence-corrected chi connectivity index (χ1v) is 13.1. The predicted octanol–water partition coefficient (Wildman–Crippen LogP) is 6.46. The molecule has 0 atom stereocenters. The second-order valence-electron chi connectivity index (χ2n) is 10.7. The molecule has 0 bridgehead atoms. The molecule has 0 aliphatic heterocycles. The lowest BCUT2D eigenvalue weighted by Crippen LogP contribution is -2.25. The molecule has 0 saturated heterocycles. The van der Waals surface area contributed by atoms with Gasteiger partial charge in [0.05, 0.1) is 6.54 Å². The highest BCUT2D eigenvalue weighted by atomic mass is 16.2. The molecule has 4 aromatic rings. The molecule has 0 fully saturated rings. The Hall–Kier alpha value is -3.73. The summed E-state index contributed by atoms with van der Waals surface area (Å²) in [6, 6.07) is 24.7. The molecule has 5 nitrogen and oxygen atoms in total. The molecule has 192 valence electrons. The number of benzene rings is 3. The molecule has 0 radical (unpaired) electrons. The van der Waals surface area contributed by atoms with Crippen molar-refractivity contribution in [2.45, 2.75) is 72.4 Å². The van der Waals surface area contributed by atoms with Gasteiger partial charge in [0.2, 0.25) is 0 Å². The fraction of sp³-hybridized carbons (Fsp3) is 0.344. The Labute approximate surface area is 219 Å². The van der Waals surface area contributed by atoms with Crippen LogP contribution in [-0.2, 0) is 31.3 Å². The summed E-state index contributed by atoms with van der Waals surface area (Å²) < 4.78 is 3.38. The molecular weight excluding hydrogens is 458 g/mol. The molecular formula is C32H37N3O2. The molecule has 0 amide bonds. The number of hydrogen-bond acceptors (Lipinski definition) is 3. The minimum atomic E-state index is -0.0478. The number of rotatable bonds is 9. The summed E-state index contributed by atoms with van der Waals surface area (Å²) in [4.78, 5) is 24.6. The molecule has 1 aromatic heterocycles. The van der Waals surface area contributed by atoms with Gasteiger partial charge >= 0.3 is 5.69 Å². The number of ketones is 1. The smallest absolute Gasteiger partial charge is 0.295 e. The third-order valence-corrected chi connectivity index (χ3v) is 6.89. The highest BCUT2D eigenvalue weighted by Crippen LogP contribution is 2.23. The van der Waals surface area contributed by atoms with E-state index in [1.807, 2.05) is 31.2 Å². The number of Topliss-reactive ketones (excluding diaryl/α,β-unsaturated/α-hetero) is 1. The quantitative estimate of drug-likeness (QED) is 0.251. The van der Waals surface area contributed by atoms with Crippen LogP contribution in [0.15, 0.2) is 77.6 Å². The van der Waals surface area contributed by atoms with Gasteiger partial charge < -0.3 is 0 Å². The summed E-state index contributed by atoms with van der Waals surface area (Å²) in [5, 5.41) is 4.71. The van der Waals surface area contributed by atoms with E-state index in [1.165, 1.54) is 11.1 Å². The van der Waals surface area contributed by atoms with Crippen LogP contribution >= 0.6 is 0 Å². The number of carbonyl (C=O) groups is 1. The number of nitrogens with zero attached hydrogens (tertiary/aromatic N) is 3. The Morgan fingerprint density at radius 3 is 2.19 bits per heavy atom. The van der Waals surface area contributed by atoms with Gasteiger partial charge in [-0.1, -0.05) is 93.6 Å². The van der Waals surface area contributed by atoms with Crippen LogP contribution < -0.4 is 5.69 Å². The van der Waals surface area contributed by atoms with E-state index in [9.17, 15) is 9.59 Å². The van der Waals surface area contributed by atoms with Gasteiger partial charge in [-0.25, -0.2) is 9.48 Å². The highest BCUT2D eigenvalue weighted by Gasteiger charge is 2.15. The normalized spacial score (nSPS) is 11.6. The Morgan fingerprint density at radius 1 is 0.865 bits per heavy atom. The van der Waals surface area contributed by atoms with E-state index in [-0.39, 0.29) is 16.9 Å². The van der Waals surface area contributed by atoms with Gasteiger partial charge in [0.15, 0.2) is 5.78 Å². The van der Waals surface area contributed by atoms with Crippen LogP contribution in [0.1, 0.15) is 73.9 Å². The molecule has 0 unspecified atom stereocenters. The molecule has 3 aromatic carbocycles. The average molecular weight is 496 g/mol. The first-order valence-electron chi connectivity index (χ1n) is 13.1. The van der Waals surface area contributed by atoms with Crippen molar-refractivity contribution in [2.75, 3.05) is 0 Å². The standard InChI is InChI=1S/C32H37N3O2/c1-6-34-30(33-35(31(34)37)22-25-13-19-29(20-14-25)32(3,4)5)12-8-10-24-9-7-11-28(21-24)27-17-15-26(16-18-27)23(2)36/h7,9,11,13-21H,6,8,10,12,22H2,1-5H3. The van der Waals surface area contributed by atoms with Crippen molar-refractivity contribution in [1.29, 1.82) is 0 Å². The lowest BCUT2D eigenvalue weighted by atomic mass is 9.87. The van der Waals surface area contributed by atoms with Crippen LogP contribution in [0.3, 0.4) is 0 Å². The second kappa shape index (κ2) is 11.1. The number of aromatic nitrogens is 3. The number of carbonyl (C=O) groups excluding carboxylic acids is 1. The van der Waals surface area contributed by atoms with Crippen molar-refractivity contribution in [1.82, 2.24) is 14.3 Å². The van der Waals surface area contributed by atoms with Crippen molar-refractivity contribution >= 4 is 5.78 Å². The molecule has 0 aliphatic carbocycles. The first kappa shape index (κ1) is 26.3. The fourth-order valence-corrected chi connectivity index (χ4v) is 4.63.